The van der Waals surface area contributed by atoms with E-state index in [-0.39, 0.29) is 5.91 Å². The molecule has 3 aromatic rings. The minimum Gasteiger partial charge on any atom is -0.357 e. The zero-order valence-corrected chi connectivity index (χ0v) is 13.4. The molecule has 4 rings (SSSR count). The van der Waals surface area contributed by atoms with Gasteiger partial charge in [-0.15, -0.1) is 0 Å². The van der Waals surface area contributed by atoms with Crippen LogP contribution in [0.5, 0.6) is 0 Å². The van der Waals surface area contributed by atoms with Crippen molar-refractivity contribution < 1.29 is 9.90 Å². The molecule has 1 amide bonds. The van der Waals surface area contributed by atoms with Gasteiger partial charge < -0.3 is 5.11 Å². The third-order valence-corrected chi connectivity index (χ3v) is 4.23. The molecule has 1 aliphatic heterocycles. The lowest BCUT2D eigenvalue weighted by Gasteiger charge is -2.29. The Kier molecular flexibility index (Phi) is 3.61. The summed E-state index contributed by atoms with van der Waals surface area (Å²) in [7, 11) is 0. The van der Waals surface area contributed by atoms with E-state index in [2.05, 4.69) is 11.8 Å². The van der Waals surface area contributed by atoms with Crippen molar-refractivity contribution in [3.8, 4) is 11.8 Å². The van der Waals surface area contributed by atoms with Gasteiger partial charge in [0.2, 0.25) is 5.72 Å². The third-order valence-electron chi connectivity index (χ3n) is 4.23. The summed E-state index contributed by atoms with van der Waals surface area (Å²) >= 11 is 0. The van der Waals surface area contributed by atoms with Crippen LogP contribution in [0.2, 0.25) is 0 Å². The Bertz CT molecular complexity index is 987. The third kappa shape index (κ3) is 2.50. The predicted octanol–water partition coefficient (Wildman–Crippen LogP) is 3.54. The van der Waals surface area contributed by atoms with E-state index < -0.39 is 5.72 Å². The number of amides is 1. The van der Waals surface area contributed by atoms with Crippen molar-refractivity contribution in [1.29, 1.82) is 0 Å². The zero-order valence-electron chi connectivity index (χ0n) is 13.4. The second kappa shape index (κ2) is 5.94. The van der Waals surface area contributed by atoms with Crippen LogP contribution in [0.3, 0.4) is 0 Å². The van der Waals surface area contributed by atoms with Crippen LogP contribution in [0, 0.1) is 11.8 Å². The fourth-order valence-corrected chi connectivity index (χ4v) is 3.05. The Morgan fingerprint density at radius 1 is 0.800 bits per heavy atom. The minimum atomic E-state index is -1.70. The lowest BCUT2D eigenvalue weighted by molar-refractivity contribution is 0.0792. The Labute approximate surface area is 146 Å². The van der Waals surface area contributed by atoms with Crippen molar-refractivity contribution in [2.45, 2.75) is 5.72 Å². The summed E-state index contributed by atoms with van der Waals surface area (Å²) < 4.78 is 0. The standard InChI is InChI=1S/C22H15NO2/c24-21-19-13-7-8-14-20(19)22(25,16-15-17-9-3-1-4-10-17)23(21)18-11-5-2-6-12-18/h1-14,25H/t22-/m0/s1. The summed E-state index contributed by atoms with van der Waals surface area (Å²) in [5.74, 6) is 5.66. The predicted molar refractivity (Wildman–Crippen MR) is 96.9 cm³/mol. The van der Waals surface area contributed by atoms with E-state index in [9.17, 15) is 9.90 Å². The van der Waals surface area contributed by atoms with Gasteiger partial charge in [-0.3, -0.25) is 9.69 Å². The van der Waals surface area contributed by atoms with Crippen LogP contribution in [0.4, 0.5) is 5.69 Å². The molecule has 0 spiro atoms. The molecular formula is C22H15NO2. The quantitative estimate of drug-likeness (QED) is 0.695. The number of nitrogens with zero attached hydrogens (tertiary/aromatic N) is 1. The molecule has 1 heterocycles. The molecule has 0 saturated carbocycles. The second-order valence-corrected chi connectivity index (χ2v) is 5.81. The van der Waals surface area contributed by atoms with Crippen LogP contribution in [0.15, 0.2) is 84.9 Å². The summed E-state index contributed by atoms with van der Waals surface area (Å²) in [5, 5.41) is 11.4. The fourth-order valence-electron chi connectivity index (χ4n) is 3.05. The fraction of sp³-hybridized carbons (Fsp3) is 0.0455. The molecule has 1 N–H and O–H groups in total. The molecule has 0 aliphatic carbocycles. The maximum Gasteiger partial charge on any atom is 0.262 e. The van der Waals surface area contributed by atoms with Gasteiger partial charge >= 0.3 is 0 Å². The first kappa shape index (κ1) is 15.2. The van der Waals surface area contributed by atoms with Gasteiger partial charge in [-0.2, -0.15) is 0 Å². The molecule has 1 atom stereocenters. The van der Waals surface area contributed by atoms with E-state index in [0.717, 1.165) is 5.56 Å². The maximum atomic E-state index is 12.9. The van der Waals surface area contributed by atoms with E-state index in [0.29, 0.717) is 16.8 Å². The van der Waals surface area contributed by atoms with E-state index in [1.165, 1.54) is 4.90 Å². The molecule has 0 bridgehead atoms. The molecule has 3 nitrogen and oxygen atoms in total. The number of aliphatic hydroxyl groups is 1. The van der Waals surface area contributed by atoms with Gasteiger partial charge in [0, 0.05) is 22.4 Å². The summed E-state index contributed by atoms with van der Waals surface area (Å²) in [6.45, 7) is 0. The van der Waals surface area contributed by atoms with Crippen LogP contribution < -0.4 is 4.90 Å². The average Bonchev–Trinajstić information content (AvgIpc) is 2.90. The molecule has 0 saturated heterocycles. The van der Waals surface area contributed by atoms with Crippen LogP contribution in [0.1, 0.15) is 21.5 Å². The SMILES string of the molecule is O=C1c2ccccc2[C@@](O)(C#Cc2ccccc2)N1c1ccccc1. The van der Waals surface area contributed by atoms with Gasteiger partial charge in [0.1, 0.15) is 0 Å². The van der Waals surface area contributed by atoms with Crippen LogP contribution in [-0.4, -0.2) is 11.0 Å². The number of carbonyl (C=O) groups excluding carboxylic acids is 1. The minimum absolute atomic E-state index is 0.258. The van der Waals surface area contributed by atoms with E-state index in [1.807, 2.05) is 48.5 Å². The monoisotopic (exact) mass is 325 g/mol. The normalized spacial score (nSPS) is 18.4. The Morgan fingerprint density at radius 3 is 2.12 bits per heavy atom. The van der Waals surface area contributed by atoms with Crippen molar-refractivity contribution in [3.63, 3.8) is 0 Å². The molecule has 0 fully saturated rings. The van der Waals surface area contributed by atoms with Crippen molar-refractivity contribution in [2.24, 2.45) is 0 Å². The molecule has 0 unspecified atom stereocenters. The van der Waals surface area contributed by atoms with E-state index in [4.69, 9.17) is 0 Å². The summed E-state index contributed by atoms with van der Waals surface area (Å²) in [4.78, 5) is 14.3. The Morgan fingerprint density at radius 2 is 1.40 bits per heavy atom. The van der Waals surface area contributed by atoms with E-state index in [1.54, 1.807) is 36.4 Å². The number of fused-ring (bicyclic) bond motifs is 1. The van der Waals surface area contributed by atoms with Crippen LogP contribution in [0.25, 0.3) is 0 Å². The molecule has 0 aromatic heterocycles. The van der Waals surface area contributed by atoms with Crippen molar-refractivity contribution >= 4 is 11.6 Å². The first-order valence-electron chi connectivity index (χ1n) is 8.00. The molecular weight excluding hydrogens is 310 g/mol. The number of rotatable bonds is 1. The lowest BCUT2D eigenvalue weighted by Crippen LogP contribution is -2.43. The molecule has 3 heteroatoms. The highest BCUT2D eigenvalue weighted by Crippen LogP contribution is 2.40. The van der Waals surface area contributed by atoms with Gasteiger partial charge in [-0.25, -0.2) is 0 Å². The van der Waals surface area contributed by atoms with Crippen molar-refractivity contribution in [1.82, 2.24) is 0 Å². The van der Waals surface area contributed by atoms with Gasteiger partial charge in [-0.05, 0) is 36.3 Å². The highest BCUT2D eigenvalue weighted by Gasteiger charge is 2.48. The Balaban J connectivity index is 1.89. The first-order chi connectivity index (χ1) is 12.2. The van der Waals surface area contributed by atoms with Crippen molar-refractivity contribution in [2.75, 3.05) is 4.90 Å². The number of anilines is 1. The zero-order chi connectivity index (χ0) is 17.3. The smallest absolute Gasteiger partial charge is 0.262 e. The summed E-state index contributed by atoms with van der Waals surface area (Å²) in [5.41, 5.74) is 0.656. The summed E-state index contributed by atoms with van der Waals surface area (Å²) in [6.07, 6.45) is 0. The van der Waals surface area contributed by atoms with Gasteiger partial charge in [-0.1, -0.05) is 60.5 Å². The molecule has 3 aromatic carbocycles. The largest absolute Gasteiger partial charge is 0.357 e. The lowest BCUT2D eigenvalue weighted by atomic mass is 10.0. The second-order valence-electron chi connectivity index (χ2n) is 5.81. The molecule has 1 aliphatic rings. The molecule has 120 valence electrons. The van der Waals surface area contributed by atoms with E-state index >= 15 is 0 Å². The van der Waals surface area contributed by atoms with Gasteiger partial charge in [0.15, 0.2) is 0 Å². The van der Waals surface area contributed by atoms with Crippen molar-refractivity contribution in [3.05, 3.63) is 102 Å². The average molecular weight is 325 g/mol. The maximum absolute atomic E-state index is 12.9. The van der Waals surface area contributed by atoms with Gasteiger partial charge in [0.05, 0.1) is 0 Å². The molecule has 0 radical (unpaired) electrons. The number of para-hydroxylation sites is 1. The molecule has 25 heavy (non-hydrogen) atoms. The number of hydrogen-bond donors (Lipinski definition) is 1. The van der Waals surface area contributed by atoms with Crippen LogP contribution in [-0.2, 0) is 5.72 Å². The van der Waals surface area contributed by atoms with Gasteiger partial charge in [0.25, 0.3) is 5.91 Å². The first-order valence-corrected chi connectivity index (χ1v) is 8.00. The Hall–Kier alpha value is -3.35. The highest BCUT2D eigenvalue weighted by molar-refractivity contribution is 6.12. The summed E-state index contributed by atoms with van der Waals surface area (Å²) in [6, 6.07) is 25.6. The number of benzene rings is 3. The van der Waals surface area contributed by atoms with Crippen LogP contribution >= 0.6 is 0 Å². The number of carbonyl (C=O) groups is 1. The highest BCUT2D eigenvalue weighted by atomic mass is 16.3. The topological polar surface area (TPSA) is 40.5 Å². The number of hydrogen-bond acceptors (Lipinski definition) is 2.